The maximum Gasteiger partial charge on any atom is 0.417 e. The third kappa shape index (κ3) is 5.93. The van der Waals surface area contributed by atoms with E-state index in [1.54, 1.807) is 0 Å². The zero-order valence-electron chi connectivity index (χ0n) is 21.2. The molecule has 1 heterocycles. The molecule has 216 valence electrons. The van der Waals surface area contributed by atoms with Crippen LogP contribution in [0.1, 0.15) is 62.2 Å². The summed E-state index contributed by atoms with van der Waals surface area (Å²) >= 11 is 0. The molecule has 39 heavy (non-hydrogen) atoms. The standard InChI is InChI=1S/C24H26F6N2O5S2/c1-13(2)38(34,35)19-11-16(24(28,29)30)12-31-20(19)21(33)32-17-8-15(9-17)22(3,4)39(36,37)18-7-5-6-14(10-18)23(25,26)27/h5-7,10-13,15,17H,8-9H2,1-4H3,(H,32,33)/t15-,17+. The Hall–Kier alpha value is -2.68. The molecule has 1 saturated carbocycles. The van der Waals surface area contributed by atoms with E-state index in [9.17, 15) is 48.0 Å². The van der Waals surface area contributed by atoms with Crippen molar-refractivity contribution < 1.29 is 48.0 Å². The molecule has 3 rings (SSSR count). The van der Waals surface area contributed by atoms with Crippen molar-refractivity contribution in [2.24, 2.45) is 5.92 Å². The van der Waals surface area contributed by atoms with Crippen LogP contribution in [0.15, 0.2) is 46.3 Å². The summed E-state index contributed by atoms with van der Waals surface area (Å²) in [6, 6.07) is 3.06. The lowest BCUT2D eigenvalue weighted by molar-refractivity contribution is -0.138. The highest BCUT2D eigenvalue weighted by Gasteiger charge is 2.49. The fourth-order valence-electron chi connectivity index (χ4n) is 4.16. The number of hydrogen-bond donors (Lipinski definition) is 1. The first-order valence-electron chi connectivity index (χ1n) is 11.6. The first-order valence-corrected chi connectivity index (χ1v) is 14.7. The SMILES string of the molecule is CC(C)S(=O)(=O)c1cc(C(F)(F)F)cnc1C(=O)N[C@H]1C[C@@H](C(C)(C)S(=O)(=O)c2cccc(C(F)(F)F)c2)C1. The molecule has 7 nitrogen and oxygen atoms in total. The summed E-state index contributed by atoms with van der Waals surface area (Å²) in [5.74, 6) is -1.65. The Kier molecular flexibility index (Phi) is 7.96. The molecule has 0 atom stereocenters. The molecule has 0 aliphatic heterocycles. The van der Waals surface area contributed by atoms with Gasteiger partial charge in [0.2, 0.25) is 0 Å². The number of sulfone groups is 2. The van der Waals surface area contributed by atoms with Gasteiger partial charge in [0.1, 0.15) is 5.69 Å². The molecule has 1 amide bonds. The van der Waals surface area contributed by atoms with Crippen molar-refractivity contribution in [3.8, 4) is 0 Å². The van der Waals surface area contributed by atoms with Crippen LogP contribution in [0, 0.1) is 5.92 Å². The molecule has 0 radical (unpaired) electrons. The van der Waals surface area contributed by atoms with Crippen molar-refractivity contribution >= 4 is 25.6 Å². The van der Waals surface area contributed by atoms with Crippen LogP contribution in [-0.4, -0.2) is 43.8 Å². The predicted molar refractivity (Wildman–Crippen MR) is 128 cm³/mol. The highest BCUT2D eigenvalue weighted by Crippen LogP contribution is 2.44. The lowest BCUT2D eigenvalue weighted by Gasteiger charge is -2.45. The number of rotatable bonds is 7. The molecule has 1 fully saturated rings. The molecule has 1 aliphatic carbocycles. The smallest absolute Gasteiger partial charge is 0.348 e. The van der Waals surface area contributed by atoms with Crippen molar-refractivity contribution in [2.45, 2.75) is 78.7 Å². The van der Waals surface area contributed by atoms with Gasteiger partial charge in [-0.05, 0) is 70.7 Å². The molecule has 0 saturated heterocycles. The average molecular weight is 601 g/mol. The first-order chi connectivity index (χ1) is 17.6. The summed E-state index contributed by atoms with van der Waals surface area (Å²) < 4.78 is 129. The van der Waals surface area contributed by atoms with Gasteiger partial charge in [-0.3, -0.25) is 4.79 Å². The zero-order valence-corrected chi connectivity index (χ0v) is 22.8. The quantitative estimate of drug-likeness (QED) is 0.445. The number of halogens is 6. The topological polar surface area (TPSA) is 110 Å². The molecule has 15 heteroatoms. The van der Waals surface area contributed by atoms with E-state index in [4.69, 9.17) is 0 Å². The number of pyridine rings is 1. The Morgan fingerprint density at radius 2 is 1.51 bits per heavy atom. The number of benzene rings is 1. The minimum absolute atomic E-state index is 0.0732. The van der Waals surface area contributed by atoms with Gasteiger partial charge in [-0.2, -0.15) is 26.3 Å². The maximum absolute atomic E-state index is 13.2. The number of aromatic nitrogens is 1. The van der Waals surface area contributed by atoms with Crippen molar-refractivity contribution in [2.75, 3.05) is 0 Å². The Morgan fingerprint density at radius 1 is 0.949 bits per heavy atom. The van der Waals surface area contributed by atoms with Crippen molar-refractivity contribution in [3.63, 3.8) is 0 Å². The average Bonchev–Trinajstić information content (AvgIpc) is 2.79. The molecular formula is C24H26F6N2O5S2. The third-order valence-corrected chi connectivity index (χ3v) is 11.7. The second-order valence-electron chi connectivity index (χ2n) is 10.1. The lowest BCUT2D eigenvalue weighted by atomic mass is 9.73. The van der Waals surface area contributed by atoms with Crippen molar-refractivity contribution in [3.05, 3.63) is 53.3 Å². The number of nitrogens with zero attached hydrogens (tertiary/aromatic N) is 1. The van der Waals surface area contributed by atoms with Crippen LogP contribution in [0.3, 0.4) is 0 Å². The summed E-state index contributed by atoms with van der Waals surface area (Å²) in [6.07, 6.45) is -9.15. The van der Waals surface area contributed by atoms with E-state index in [0.29, 0.717) is 18.3 Å². The molecule has 2 aromatic rings. The van der Waals surface area contributed by atoms with Crippen LogP contribution in [0.5, 0.6) is 0 Å². The Morgan fingerprint density at radius 3 is 2.03 bits per heavy atom. The highest BCUT2D eigenvalue weighted by atomic mass is 32.2. The van der Waals surface area contributed by atoms with Gasteiger partial charge in [0.15, 0.2) is 19.7 Å². The van der Waals surface area contributed by atoms with Gasteiger partial charge in [0.05, 0.1) is 30.9 Å². The minimum Gasteiger partial charge on any atom is -0.348 e. The molecule has 1 aromatic carbocycles. The van der Waals surface area contributed by atoms with Crippen LogP contribution in [-0.2, 0) is 32.0 Å². The molecular weight excluding hydrogens is 574 g/mol. The van der Waals surface area contributed by atoms with E-state index in [-0.39, 0.29) is 12.8 Å². The Bertz CT molecular complexity index is 1480. The molecule has 0 bridgehead atoms. The van der Waals surface area contributed by atoms with E-state index < -0.39 is 86.5 Å². The summed E-state index contributed by atoms with van der Waals surface area (Å²) in [6.45, 7) is 5.19. The molecule has 0 spiro atoms. The minimum atomic E-state index is -4.90. The second kappa shape index (κ2) is 10.1. The van der Waals surface area contributed by atoms with E-state index in [2.05, 4.69) is 10.3 Å². The molecule has 1 N–H and O–H groups in total. The second-order valence-corrected chi connectivity index (χ2v) is 15.1. The summed E-state index contributed by atoms with van der Waals surface area (Å²) in [7, 11) is -8.59. The number of carbonyl (C=O) groups excluding carboxylic acids is 1. The molecule has 1 aromatic heterocycles. The van der Waals surface area contributed by atoms with Gasteiger partial charge in [0.25, 0.3) is 5.91 Å². The van der Waals surface area contributed by atoms with Gasteiger partial charge in [-0.25, -0.2) is 21.8 Å². The predicted octanol–water partition coefficient (Wildman–Crippen LogP) is 5.06. The number of amides is 1. The maximum atomic E-state index is 13.2. The van der Waals surface area contributed by atoms with Gasteiger partial charge in [-0.1, -0.05) is 6.07 Å². The van der Waals surface area contributed by atoms with Crippen LogP contribution in [0.2, 0.25) is 0 Å². The van der Waals surface area contributed by atoms with Crippen molar-refractivity contribution in [1.82, 2.24) is 10.3 Å². The van der Waals surface area contributed by atoms with E-state index >= 15 is 0 Å². The fourth-order valence-corrected chi connectivity index (χ4v) is 7.15. The number of nitrogens with one attached hydrogen (secondary N) is 1. The van der Waals surface area contributed by atoms with E-state index in [1.807, 2.05) is 0 Å². The van der Waals surface area contributed by atoms with Gasteiger partial charge in [0, 0.05) is 12.2 Å². The lowest BCUT2D eigenvalue weighted by Crippen LogP contribution is -2.53. The van der Waals surface area contributed by atoms with Crippen LogP contribution in [0.4, 0.5) is 26.3 Å². The first kappa shape index (κ1) is 30.9. The summed E-state index contributed by atoms with van der Waals surface area (Å²) in [5, 5.41) is 1.33. The van der Waals surface area contributed by atoms with Gasteiger partial charge >= 0.3 is 12.4 Å². The van der Waals surface area contributed by atoms with Crippen LogP contribution >= 0.6 is 0 Å². The van der Waals surface area contributed by atoms with Crippen LogP contribution < -0.4 is 5.32 Å². The number of carbonyl (C=O) groups is 1. The van der Waals surface area contributed by atoms with Gasteiger partial charge in [-0.15, -0.1) is 0 Å². The fraction of sp³-hybridized carbons (Fsp3) is 0.500. The van der Waals surface area contributed by atoms with Crippen molar-refractivity contribution in [1.29, 1.82) is 0 Å². The Labute approximate surface area is 221 Å². The number of alkyl halides is 6. The van der Waals surface area contributed by atoms with Crippen LogP contribution in [0.25, 0.3) is 0 Å². The van der Waals surface area contributed by atoms with Gasteiger partial charge < -0.3 is 5.32 Å². The Balaban J connectivity index is 1.81. The third-order valence-electron chi connectivity index (χ3n) is 6.94. The number of hydrogen-bond acceptors (Lipinski definition) is 6. The molecule has 0 unspecified atom stereocenters. The van der Waals surface area contributed by atoms with E-state index in [0.717, 1.165) is 18.2 Å². The normalized spacial score (nSPS) is 19.1. The largest absolute Gasteiger partial charge is 0.417 e. The highest BCUT2D eigenvalue weighted by molar-refractivity contribution is 7.93. The molecule has 1 aliphatic rings. The van der Waals surface area contributed by atoms with E-state index in [1.165, 1.54) is 27.7 Å². The summed E-state index contributed by atoms with van der Waals surface area (Å²) in [5.41, 5.74) is -3.19. The zero-order chi connectivity index (χ0) is 29.8. The monoisotopic (exact) mass is 600 g/mol. The summed E-state index contributed by atoms with van der Waals surface area (Å²) in [4.78, 5) is 15.0.